The summed E-state index contributed by atoms with van der Waals surface area (Å²) in [6, 6.07) is 15.9. The van der Waals surface area contributed by atoms with Crippen LogP contribution >= 0.6 is 0 Å². The minimum atomic E-state index is -0.566. The van der Waals surface area contributed by atoms with E-state index in [1.165, 1.54) is 18.2 Å². The summed E-state index contributed by atoms with van der Waals surface area (Å²) in [5.74, 6) is -0.0367. The quantitative estimate of drug-likeness (QED) is 0.841. The number of benzene rings is 2. The second-order valence-electron chi connectivity index (χ2n) is 6.52. The first-order valence-electron chi connectivity index (χ1n) is 8.17. The fourth-order valence-corrected chi connectivity index (χ4v) is 3.20. The van der Waals surface area contributed by atoms with E-state index < -0.39 is 5.82 Å². The average Bonchev–Trinajstić information content (AvgIpc) is 2.92. The molecule has 4 nitrogen and oxygen atoms in total. The van der Waals surface area contributed by atoms with Gasteiger partial charge in [0.1, 0.15) is 24.2 Å². The second-order valence-corrected chi connectivity index (χ2v) is 6.52. The lowest BCUT2D eigenvalue weighted by atomic mass is 9.82. The van der Waals surface area contributed by atoms with Crippen molar-refractivity contribution in [3.05, 3.63) is 65.5 Å². The highest BCUT2D eigenvalue weighted by atomic mass is 19.1. The first-order chi connectivity index (χ1) is 12.0. The normalized spacial score (nSPS) is 19.7. The van der Waals surface area contributed by atoms with Gasteiger partial charge >= 0.3 is 0 Å². The van der Waals surface area contributed by atoms with E-state index in [0.717, 1.165) is 5.56 Å². The molecule has 1 atom stereocenters. The van der Waals surface area contributed by atoms with E-state index in [2.05, 4.69) is 19.1 Å². The van der Waals surface area contributed by atoms with Crippen LogP contribution in [0.3, 0.4) is 0 Å². The van der Waals surface area contributed by atoms with Crippen molar-refractivity contribution in [3.8, 4) is 11.8 Å². The number of halogens is 1. The second kappa shape index (κ2) is 6.94. The number of hydrogen-bond acceptors (Lipinski definition) is 3. The summed E-state index contributed by atoms with van der Waals surface area (Å²) in [7, 11) is 0. The molecule has 1 saturated heterocycles. The van der Waals surface area contributed by atoms with Crippen molar-refractivity contribution in [2.24, 2.45) is 0 Å². The minimum absolute atomic E-state index is 0.0496. The van der Waals surface area contributed by atoms with Gasteiger partial charge in [0.15, 0.2) is 0 Å². The summed E-state index contributed by atoms with van der Waals surface area (Å²) in [5, 5.41) is 8.84. The third-order valence-corrected chi connectivity index (χ3v) is 4.59. The molecule has 0 bridgehead atoms. The van der Waals surface area contributed by atoms with Crippen molar-refractivity contribution < 1.29 is 13.9 Å². The number of likely N-dealkylation sites (tertiary alicyclic amines) is 1. The molecule has 1 heterocycles. The maximum absolute atomic E-state index is 13.3. The van der Waals surface area contributed by atoms with Crippen LogP contribution in [0.15, 0.2) is 48.5 Å². The first kappa shape index (κ1) is 17.0. The van der Waals surface area contributed by atoms with E-state index in [0.29, 0.717) is 31.9 Å². The Morgan fingerprint density at radius 3 is 2.76 bits per heavy atom. The van der Waals surface area contributed by atoms with Crippen LogP contribution in [-0.4, -0.2) is 30.5 Å². The van der Waals surface area contributed by atoms with E-state index in [1.807, 2.05) is 18.2 Å². The number of nitrogens with zero attached hydrogens (tertiary/aromatic N) is 2. The van der Waals surface area contributed by atoms with E-state index in [-0.39, 0.29) is 16.9 Å². The van der Waals surface area contributed by atoms with Crippen LogP contribution < -0.4 is 4.74 Å². The molecule has 3 rings (SSSR count). The number of ether oxygens (including phenoxy) is 1. The van der Waals surface area contributed by atoms with Crippen molar-refractivity contribution in [1.82, 2.24) is 4.90 Å². The fraction of sp³-hybridized carbons (Fsp3) is 0.300. The SMILES string of the molecule is C[C@@]1(c2ccccc2)CC(=O)N(CCOc2ccc(F)c(C#N)c2)C1. The van der Waals surface area contributed by atoms with Gasteiger partial charge in [-0.3, -0.25) is 4.79 Å². The van der Waals surface area contributed by atoms with Crippen molar-refractivity contribution >= 4 is 5.91 Å². The number of amides is 1. The lowest BCUT2D eigenvalue weighted by Crippen LogP contribution is -2.32. The van der Waals surface area contributed by atoms with Gasteiger partial charge in [-0.25, -0.2) is 4.39 Å². The summed E-state index contributed by atoms with van der Waals surface area (Å²) < 4.78 is 18.9. The summed E-state index contributed by atoms with van der Waals surface area (Å²) >= 11 is 0. The monoisotopic (exact) mass is 338 g/mol. The third-order valence-electron chi connectivity index (χ3n) is 4.59. The minimum Gasteiger partial charge on any atom is -0.492 e. The van der Waals surface area contributed by atoms with Crippen LogP contribution in [-0.2, 0) is 10.2 Å². The molecule has 1 aliphatic rings. The molecule has 0 radical (unpaired) electrons. The zero-order chi connectivity index (χ0) is 17.9. The highest BCUT2D eigenvalue weighted by Crippen LogP contribution is 2.34. The van der Waals surface area contributed by atoms with Crippen molar-refractivity contribution in [3.63, 3.8) is 0 Å². The Morgan fingerprint density at radius 1 is 1.28 bits per heavy atom. The van der Waals surface area contributed by atoms with Gasteiger partial charge < -0.3 is 9.64 Å². The Balaban J connectivity index is 1.59. The molecule has 128 valence electrons. The number of rotatable bonds is 5. The molecule has 0 aromatic heterocycles. The van der Waals surface area contributed by atoms with Gasteiger partial charge in [0.25, 0.3) is 0 Å². The Bertz CT molecular complexity index is 816. The standard InChI is InChI=1S/C20H19FN2O2/c1-20(16-5-3-2-4-6-16)12-19(24)23(14-20)9-10-25-17-7-8-18(21)15(11-17)13-22/h2-8,11H,9-10,12,14H2,1H3/t20-/m1/s1. The van der Waals surface area contributed by atoms with Gasteiger partial charge in [-0.15, -0.1) is 0 Å². The summed E-state index contributed by atoms with van der Waals surface area (Å²) in [4.78, 5) is 14.1. The van der Waals surface area contributed by atoms with Crippen LogP contribution in [0.25, 0.3) is 0 Å². The predicted octanol–water partition coefficient (Wildman–Crippen LogP) is 3.27. The van der Waals surface area contributed by atoms with Crippen LogP contribution in [0.5, 0.6) is 5.75 Å². The van der Waals surface area contributed by atoms with Crippen LogP contribution in [0.1, 0.15) is 24.5 Å². The molecule has 2 aromatic carbocycles. The molecular weight excluding hydrogens is 319 g/mol. The van der Waals surface area contributed by atoms with Gasteiger partial charge in [0.2, 0.25) is 5.91 Å². The van der Waals surface area contributed by atoms with Crippen molar-refractivity contribution in [2.45, 2.75) is 18.8 Å². The van der Waals surface area contributed by atoms with Gasteiger partial charge in [-0.1, -0.05) is 37.3 Å². The zero-order valence-electron chi connectivity index (χ0n) is 14.0. The highest BCUT2D eigenvalue weighted by Gasteiger charge is 2.40. The summed E-state index contributed by atoms with van der Waals surface area (Å²) in [6.45, 7) is 3.50. The number of carbonyl (C=O) groups excluding carboxylic acids is 1. The Morgan fingerprint density at radius 2 is 2.04 bits per heavy atom. The molecule has 1 fully saturated rings. The average molecular weight is 338 g/mol. The van der Waals surface area contributed by atoms with E-state index in [9.17, 15) is 9.18 Å². The molecule has 1 aliphatic heterocycles. The Hall–Kier alpha value is -2.87. The molecule has 5 heteroatoms. The lowest BCUT2D eigenvalue weighted by Gasteiger charge is -2.24. The zero-order valence-corrected chi connectivity index (χ0v) is 14.0. The largest absolute Gasteiger partial charge is 0.492 e. The van der Waals surface area contributed by atoms with Crippen molar-refractivity contribution in [1.29, 1.82) is 5.26 Å². The predicted molar refractivity (Wildman–Crippen MR) is 91.6 cm³/mol. The topological polar surface area (TPSA) is 53.3 Å². The summed E-state index contributed by atoms with van der Waals surface area (Å²) in [5.41, 5.74) is 0.915. The molecule has 2 aromatic rings. The molecule has 0 unspecified atom stereocenters. The summed E-state index contributed by atoms with van der Waals surface area (Å²) in [6.07, 6.45) is 0.478. The van der Waals surface area contributed by atoms with E-state index in [4.69, 9.17) is 10.00 Å². The van der Waals surface area contributed by atoms with Gasteiger partial charge in [-0.05, 0) is 17.7 Å². The van der Waals surface area contributed by atoms with Crippen molar-refractivity contribution in [2.75, 3.05) is 19.7 Å². The Labute approximate surface area is 146 Å². The molecule has 25 heavy (non-hydrogen) atoms. The number of hydrogen-bond donors (Lipinski definition) is 0. The molecule has 0 N–H and O–H groups in total. The molecule has 1 amide bonds. The maximum atomic E-state index is 13.3. The molecule has 0 saturated carbocycles. The lowest BCUT2D eigenvalue weighted by molar-refractivity contribution is -0.128. The van der Waals surface area contributed by atoms with Crippen LogP contribution in [0.4, 0.5) is 4.39 Å². The Kier molecular flexibility index (Phi) is 4.71. The smallest absolute Gasteiger partial charge is 0.223 e. The van der Waals surface area contributed by atoms with Crippen LogP contribution in [0.2, 0.25) is 0 Å². The molecular formula is C20H19FN2O2. The highest BCUT2D eigenvalue weighted by molar-refractivity contribution is 5.80. The molecule has 0 aliphatic carbocycles. The fourth-order valence-electron chi connectivity index (χ4n) is 3.20. The molecule has 0 spiro atoms. The van der Waals surface area contributed by atoms with E-state index in [1.54, 1.807) is 11.0 Å². The first-order valence-corrected chi connectivity index (χ1v) is 8.17. The number of carbonyl (C=O) groups is 1. The number of nitriles is 1. The van der Waals surface area contributed by atoms with Gasteiger partial charge in [0.05, 0.1) is 12.1 Å². The van der Waals surface area contributed by atoms with Crippen LogP contribution in [0, 0.1) is 17.1 Å². The maximum Gasteiger partial charge on any atom is 0.223 e. The van der Waals surface area contributed by atoms with Gasteiger partial charge in [0, 0.05) is 24.4 Å². The third kappa shape index (κ3) is 3.63. The van der Waals surface area contributed by atoms with E-state index >= 15 is 0 Å². The van der Waals surface area contributed by atoms with Gasteiger partial charge in [-0.2, -0.15) is 5.26 Å².